The summed E-state index contributed by atoms with van der Waals surface area (Å²) in [5, 5.41) is 0. The summed E-state index contributed by atoms with van der Waals surface area (Å²) in [5.41, 5.74) is 9.03. The smallest absolute Gasteiger partial charge is 0.0920 e. The molecule has 0 bridgehead atoms. The predicted molar refractivity (Wildman–Crippen MR) is 58.6 cm³/mol. The van der Waals surface area contributed by atoms with E-state index in [0.29, 0.717) is 6.10 Å². The van der Waals surface area contributed by atoms with Gasteiger partial charge in [0.25, 0.3) is 0 Å². The van der Waals surface area contributed by atoms with Crippen LogP contribution in [0.1, 0.15) is 5.56 Å². The molecule has 3 nitrogen and oxygen atoms in total. The first-order chi connectivity index (χ1) is 6.70. The standard InChI is InChI=1S/C11H16N2O/c1-8-5-9(12)3-4-11(8)13-6-10(7-13)14-2/h3-5,10H,6-7,12H2,1-2H3. The summed E-state index contributed by atoms with van der Waals surface area (Å²) >= 11 is 0. The second-order valence-corrected chi connectivity index (χ2v) is 3.81. The third kappa shape index (κ3) is 1.55. The van der Waals surface area contributed by atoms with Gasteiger partial charge in [-0.3, -0.25) is 0 Å². The molecule has 2 rings (SSSR count). The molecule has 0 amide bonds. The van der Waals surface area contributed by atoms with Crippen molar-refractivity contribution in [1.82, 2.24) is 0 Å². The van der Waals surface area contributed by atoms with E-state index in [9.17, 15) is 0 Å². The minimum atomic E-state index is 0.395. The molecule has 0 aliphatic carbocycles. The number of ether oxygens (including phenoxy) is 1. The normalized spacial score (nSPS) is 16.9. The number of hydrogen-bond acceptors (Lipinski definition) is 3. The third-order valence-corrected chi connectivity index (χ3v) is 2.74. The van der Waals surface area contributed by atoms with E-state index in [4.69, 9.17) is 10.5 Å². The van der Waals surface area contributed by atoms with E-state index < -0.39 is 0 Å². The highest BCUT2D eigenvalue weighted by Crippen LogP contribution is 2.27. The average molecular weight is 192 g/mol. The largest absolute Gasteiger partial charge is 0.399 e. The zero-order chi connectivity index (χ0) is 10.1. The van der Waals surface area contributed by atoms with Gasteiger partial charge in [0.2, 0.25) is 0 Å². The van der Waals surface area contributed by atoms with Crippen LogP contribution < -0.4 is 10.6 Å². The number of benzene rings is 1. The maximum Gasteiger partial charge on any atom is 0.0920 e. The number of anilines is 2. The molecule has 3 heteroatoms. The lowest BCUT2D eigenvalue weighted by molar-refractivity contribution is 0.0787. The molecule has 1 heterocycles. The van der Waals surface area contributed by atoms with E-state index in [-0.39, 0.29) is 0 Å². The molecule has 1 aromatic rings. The first kappa shape index (κ1) is 9.34. The Kier molecular flexibility index (Phi) is 2.33. The number of methoxy groups -OCH3 is 1. The molecule has 0 unspecified atom stereocenters. The van der Waals surface area contributed by atoms with Crippen LogP contribution in [0.5, 0.6) is 0 Å². The Labute approximate surface area is 84.5 Å². The van der Waals surface area contributed by atoms with Gasteiger partial charge in [-0.05, 0) is 30.7 Å². The molecule has 1 saturated heterocycles. The fourth-order valence-corrected chi connectivity index (χ4v) is 1.82. The van der Waals surface area contributed by atoms with Gasteiger partial charge in [0, 0.05) is 31.6 Å². The monoisotopic (exact) mass is 192 g/mol. The lowest BCUT2D eigenvalue weighted by Crippen LogP contribution is -2.52. The Balaban J connectivity index is 2.11. The summed E-state index contributed by atoms with van der Waals surface area (Å²) in [6.07, 6.45) is 0.395. The number of nitrogens with two attached hydrogens (primary N) is 1. The highest BCUT2D eigenvalue weighted by Gasteiger charge is 2.27. The van der Waals surface area contributed by atoms with Crippen molar-refractivity contribution in [3.63, 3.8) is 0 Å². The van der Waals surface area contributed by atoms with Gasteiger partial charge < -0.3 is 15.4 Å². The number of hydrogen-bond donors (Lipinski definition) is 1. The molecule has 2 N–H and O–H groups in total. The first-order valence-electron chi connectivity index (χ1n) is 4.84. The van der Waals surface area contributed by atoms with E-state index in [1.807, 2.05) is 12.1 Å². The quantitative estimate of drug-likeness (QED) is 0.720. The van der Waals surface area contributed by atoms with Gasteiger partial charge >= 0.3 is 0 Å². The SMILES string of the molecule is COC1CN(c2ccc(N)cc2C)C1. The third-order valence-electron chi connectivity index (χ3n) is 2.74. The van der Waals surface area contributed by atoms with Crippen molar-refractivity contribution < 1.29 is 4.74 Å². The van der Waals surface area contributed by atoms with E-state index in [0.717, 1.165) is 18.8 Å². The minimum Gasteiger partial charge on any atom is -0.399 e. The molecule has 1 aliphatic heterocycles. The Morgan fingerprint density at radius 1 is 1.43 bits per heavy atom. The summed E-state index contributed by atoms with van der Waals surface area (Å²) < 4.78 is 5.24. The molecule has 1 aliphatic rings. The molecule has 0 saturated carbocycles. The summed E-state index contributed by atoms with van der Waals surface area (Å²) in [6, 6.07) is 6.04. The molecule has 0 atom stereocenters. The number of nitrogen functional groups attached to an aromatic ring is 1. The highest BCUT2D eigenvalue weighted by atomic mass is 16.5. The first-order valence-corrected chi connectivity index (χ1v) is 4.84. The summed E-state index contributed by atoms with van der Waals surface area (Å²) in [5.74, 6) is 0. The van der Waals surface area contributed by atoms with Crippen LogP contribution in [-0.2, 0) is 4.74 Å². The Morgan fingerprint density at radius 3 is 2.71 bits per heavy atom. The van der Waals surface area contributed by atoms with Crippen LogP contribution >= 0.6 is 0 Å². The van der Waals surface area contributed by atoms with E-state index in [1.54, 1.807) is 7.11 Å². The number of rotatable bonds is 2. The number of nitrogens with zero attached hydrogens (tertiary/aromatic N) is 1. The molecule has 14 heavy (non-hydrogen) atoms. The van der Waals surface area contributed by atoms with Crippen molar-refractivity contribution in [2.75, 3.05) is 30.8 Å². The van der Waals surface area contributed by atoms with Crippen molar-refractivity contribution >= 4 is 11.4 Å². The van der Waals surface area contributed by atoms with Crippen LogP contribution in [-0.4, -0.2) is 26.3 Å². The molecule has 1 aromatic carbocycles. The van der Waals surface area contributed by atoms with Gasteiger partial charge in [-0.15, -0.1) is 0 Å². The lowest BCUT2D eigenvalue weighted by atomic mass is 10.1. The fourth-order valence-electron chi connectivity index (χ4n) is 1.82. The highest BCUT2D eigenvalue weighted by molar-refractivity contribution is 5.60. The molecule has 76 valence electrons. The summed E-state index contributed by atoms with van der Waals surface area (Å²) in [4.78, 5) is 2.31. The molecular weight excluding hydrogens is 176 g/mol. The molecule has 0 aromatic heterocycles. The van der Waals surface area contributed by atoms with Crippen LogP contribution in [0.15, 0.2) is 18.2 Å². The lowest BCUT2D eigenvalue weighted by Gasteiger charge is -2.40. The van der Waals surface area contributed by atoms with Gasteiger partial charge in [-0.1, -0.05) is 0 Å². The van der Waals surface area contributed by atoms with Crippen molar-refractivity contribution in [2.24, 2.45) is 0 Å². The average Bonchev–Trinajstić information content (AvgIpc) is 2.06. The van der Waals surface area contributed by atoms with E-state index >= 15 is 0 Å². The van der Waals surface area contributed by atoms with Crippen LogP contribution in [0, 0.1) is 6.92 Å². The maximum absolute atomic E-state index is 5.70. The van der Waals surface area contributed by atoms with Gasteiger partial charge in [-0.2, -0.15) is 0 Å². The van der Waals surface area contributed by atoms with Crippen LogP contribution in [0.25, 0.3) is 0 Å². The second kappa shape index (κ2) is 3.50. The molecular formula is C11H16N2O. The second-order valence-electron chi connectivity index (χ2n) is 3.81. The minimum absolute atomic E-state index is 0.395. The van der Waals surface area contributed by atoms with E-state index in [2.05, 4.69) is 17.9 Å². The number of aryl methyl sites for hydroxylation is 1. The fraction of sp³-hybridized carbons (Fsp3) is 0.455. The maximum atomic E-state index is 5.70. The summed E-state index contributed by atoms with van der Waals surface area (Å²) in [6.45, 7) is 4.06. The van der Waals surface area contributed by atoms with Crippen LogP contribution in [0.2, 0.25) is 0 Å². The van der Waals surface area contributed by atoms with Crippen molar-refractivity contribution in [1.29, 1.82) is 0 Å². The summed E-state index contributed by atoms with van der Waals surface area (Å²) in [7, 11) is 1.76. The van der Waals surface area contributed by atoms with Crippen molar-refractivity contribution in [2.45, 2.75) is 13.0 Å². The topological polar surface area (TPSA) is 38.5 Å². The van der Waals surface area contributed by atoms with Crippen LogP contribution in [0.3, 0.4) is 0 Å². The van der Waals surface area contributed by atoms with Crippen LogP contribution in [0.4, 0.5) is 11.4 Å². The molecule has 0 spiro atoms. The van der Waals surface area contributed by atoms with Gasteiger partial charge in [-0.25, -0.2) is 0 Å². The van der Waals surface area contributed by atoms with Crippen molar-refractivity contribution in [3.8, 4) is 0 Å². The van der Waals surface area contributed by atoms with E-state index in [1.165, 1.54) is 11.3 Å². The zero-order valence-electron chi connectivity index (χ0n) is 8.66. The molecule has 0 radical (unpaired) electrons. The van der Waals surface area contributed by atoms with Gasteiger partial charge in [0.15, 0.2) is 0 Å². The van der Waals surface area contributed by atoms with Gasteiger partial charge in [0.1, 0.15) is 0 Å². The predicted octanol–water partition coefficient (Wildman–Crippen LogP) is 1.41. The Morgan fingerprint density at radius 2 is 2.14 bits per heavy atom. The zero-order valence-corrected chi connectivity index (χ0v) is 8.66. The van der Waals surface area contributed by atoms with Crippen molar-refractivity contribution in [3.05, 3.63) is 23.8 Å². The Hall–Kier alpha value is -1.22. The van der Waals surface area contributed by atoms with Gasteiger partial charge in [0.05, 0.1) is 6.10 Å². The molecule has 1 fully saturated rings. The Bertz CT molecular complexity index is 332.